The van der Waals surface area contributed by atoms with Crippen LogP contribution in [-0.4, -0.2) is 47.4 Å². The first-order valence-corrected chi connectivity index (χ1v) is 35.5. The highest BCUT2D eigenvalue weighted by atomic mass is 16.5. The molecule has 6 nitrogen and oxygen atoms in total. The third-order valence-electron chi connectivity index (χ3n) is 16.8. The lowest BCUT2D eigenvalue weighted by molar-refractivity contribution is -0.143. The molecule has 0 bridgehead atoms. The van der Waals surface area contributed by atoms with Gasteiger partial charge in [0.05, 0.1) is 25.4 Å². The molecule has 0 aromatic carbocycles. The Kier molecular flexibility index (Phi) is 65.9. The van der Waals surface area contributed by atoms with Gasteiger partial charge in [0.25, 0.3) is 0 Å². The second kappa shape index (κ2) is 67.1. The van der Waals surface area contributed by atoms with E-state index in [1.54, 1.807) is 6.08 Å². The molecule has 0 fully saturated rings. The topological polar surface area (TPSA) is 95.9 Å². The number of allylic oxidation sites excluding steroid dienone is 1. The molecule has 0 saturated heterocycles. The molecule has 0 radical (unpaired) electrons. The van der Waals surface area contributed by atoms with Crippen molar-refractivity contribution in [3.63, 3.8) is 0 Å². The minimum Gasteiger partial charge on any atom is -0.466 e. The fourth-order valence-electron chi connectivity index (χ4n) is 11.4. The van der Waals surface area contributed by atoms with Crippen LogP contribution in [0.15, 0.2) is 12.2 Å². The van der Waals surface area contributed by atoms with Crippen molar-refractivity contribution in [1.29, 1.82) is 0 Å². The molecule has 0 aromatic rings. The molecule has 0 aliphatic heterocycles. The van der Waals surface area contributed by atoms with Crippen molar-refractivity contribution in [2.24, 2.45) is 0 Å². The van der Waals surface area contributed by atoms with Crippen LogP contribution in [0.1, 0.15) is 406 Å². The number of unbranched alkanes of at least 4 members (excludes halogenated alkanes) is 56. The maximum atomic E-state index is 12.5. The third-order valence-corrected chi connectivity index (χ3v) is 16.8. The largest absolute Gasteiger partial charge is 0.466 e. The molecule has 0 heterocycles. The molecule has 0 spiro atoms. The zero-order valence-electron chi connectivity index (χ0n) is 52.5. The Morgan fingerprint density at radius 2 is 0.597 bits per heavy atom. The van der Waals surface area contributed by atoms with Crippen LogP contribution in [-0.2, 0) is 14.3 Å². The number of aliphatic hydroxyl groups is 2. The molecule has 0 aromatic heterocycles. The molecule has 2 unspecified atom stereocenters. The van der Waals surface area contributed by atoms with E-state index in [1.165, 1.54) is 340 Å². The number of esters is 1. The Balaban J connectivity index is 3.35. The van der Waals surface area contributed by atoms with Gasteiger partial charge in [-0.25, -0.2) is 0 Å². The summed E-state index contributed by atoms with van der Waals surface area (Å²) in [4.78, 5) is 24.6. The highest BCUT2D eigenvalue weighted by Crippen LogP contribution is 2.19. The average Bonchev–Trinajstić information content (AvgIpc) is 3.43. The van der Waals surface area contributed by atoms with E-state index in [4.69, 9.17) is 4.74 Å². The standard InChI is InChI=1S/C71H139NO5/c1-3-5-7-9-11-13-15-17-19-32-35-39-43-47-51-55-59-63-69(74)68(67-73)72-70(75)64-60-56-52-48-44-40-36-33-30-28-26-24-22-21-23-25-27-29-31-34-38-42-46-50-54-58-62-66-77-71(76)65-61-57-53-49-45-41-37-20-18-16-14-12-10-8-6-4-2/h59,63,68-69,73-74H,3-58,60-62,64-67H2,1-2H3,(H,72,75)/b63-59+. The Bertz CT molecular complexity index is 1160. The van der Waals surface area contributed by atoms with Gasteiger partial charge in [0.1, 0.15) is 0 Å². The summed E-state index contributed by atoms with van der Waals surface area (Å²) in [6.07, 6.45) is 82.9. The summed E-state index contributed by atoms with van der Waals surface area (Å²) < 4.78 is 5.51. The van der Waals surface area contributed by atoms with Gasteiger partial charge in [0.15, 0.2) is 0 Å². The van der Waals surface area contributed by atoms with Crippen LogP contribution in [0.3, 0.4) is 0 Å². The molecule has 2 atom stereocenters. The number of amides is 1. The van der Waals surface area contributed by atoms with Crippen LogP contribution in [0.2, 0.25) is 0 Å². The smallest absolute Gasteiger partial charge is 0.305 e. The van der Waals surface area contributed by atoms with Crippen LogP contribution in [0.5, 0.6) is 0 Å². The first-order valence-electron chi connectivity index (χ1n) is 35.5. The normalized spacial score (nSPS) is 12.5. The Morgan fingerprint density at radius 1 is 0.351 bits per heavy atom. The van der Waals surface area contributed by atoms with Crippen LogP contribution in [0.4, 0.5) is 0 Å². The Morgan fingerprint density at radius 3 is 0.883 bits per heavy atom. The number of nitrogens with one attached hydrogen (secondary N) is 1. The number of rotatable bonds is 67. The van der Waals surface area contributed by atoms with Crippen LogP contribution < -0.4 is 5.32 Å². The van der Waals surface area contributed by atoms with Gasteiger partial charge < -0.3 is 20.3 Å². The Hall–Kier alpha value is -1.40. The van der Waals surface area contributed by atoms with Crippen LogP contribution in [0, 0.1) is 0 Å². The highest BCUT2D eigenvalue weighted by Gasteiger charge is 2.18. The summed E-state index contributed by atoms with van der Waals surface area (Å²) in [5.74, 6) is -0.0394. The van der Waals surface area contributed by atoms with E-state index in [1.807, 2.05) is 6.08 Å². The first kappa shape index (κ1) is 75.6. The van der Waals surface area contributed by atoms with Gasteiger partial charge in [0.2, 0.25) is 5.91 Å². The van der Waals surface area contributed by atoms with E-state index in [-0.39, 0.29) is 18.5 Å². The van der Waals surface area contributed by atoms with Crippen molar-refractivity contribution in [2.75, 3.05) is 13.2 Å². The SMILES string of the molecule is CCCCCCCCCCCCCCCCC/C=C/C(O)C(CO)NC(=O)CCCCCCCCCCCCCCCCCCCCCCCCCCCCCOC(=O)CCCCCCCCCCCCCCCCCC. The maximum Gasteiger partial charge on any atom is 0.305 e. The molecule has 3 N–H and O–H groups in total. The fourth-order valence-corrected chi connectivity index (χ4v) is 11.4. The predicted molar refractivity (Wildman–Crippen MR) is 338 cm³/mol. The minimum atomic E-state index is -0.842. The van der Waals surface area contributed by atoms with Gasteiger partial charge in [-0.2, -0.15) is 0 Å². The van der Waals surface area contributed by atoms with Crippen molar-refractivity contribution >= 4 is 11.9 Å². The maximum absolute atomic E-state index is 12.5. The summed E-state index contributed by atoms with van der Waals surface area (Å²) in [5, 5.41) is 23.2. The lowest BCUT2D eigenvalue weighted by Gasteiger charge is -2.20. The van der Waals surface area contributed by atoms with E-state index in [0.717, 1.165) is 38.5 Å². The summed E-state index contributed by atoms with van der Waals surface area (Å²) in [6.45, 7) is 4.95. The molecular weight excluding hydrogens is 947 g/mol. The second-order valence-corrected chi connectivity index (χ2v) is 24.6. The minimum absolute atomic E-state index is 0.0222. The van der Waals surface area contributed by atoms with E-state index >= 15 is 0 Å². The van der Waals surface area contributed by atoms with Gasteiger partial charge >= 0.3 is 5.97 Å². The molecule has 6 heteroatoms. The van der Waals surface area contributed by atoms with Crippen molar-refractivity contribution < 1.29 is 24.5 Å². The second-order valence-electron chi connectivity index (χ2n) is 24.6. The lowest BCUT2D eigenvalue weighted by Crippen LogP contribution is -2.45. The van der Waals surface area contributed by atoms with Gasteiger partial charge in [-0.3, -0.25) is 9.59 Å². The number of hydrogen-bond acceptors (Lipinski definition) is 5. The number of carbonyl (C=O) groups excluding carboxylic acids is 2. The Labute approximate surface area is 482 Å². The third kappa shape index (κ3) is 63.6. The van der Waals surface area contributed by atoms with Crippen molar-refractivity contribution in [2.45, 2.75) is 418 Å². The summed E-state index contributed by atoms with van der Waals surface area (Å²) in [6, 6.07) is -0.625. The average molecular weight is 1090 g/mol. The van der Waals surface area contributed by atoms with E-state index in [0.29, 0.717) is 19.4 Å². The van der Waals surface area contributed by atoms with Gasteiger partial charge in [-0.05, 0) is 32.1 Å². The zero-order chi connectivity index (χ0) is 55.7. The molecule has 0 saturated carbocycles. The van der Waals surface area contributed by atoms with Crippen LogP contribution in [0.25, 0.3) is 0 Å². The molecule has 77 heavy (non-hydrogen) atoms. The summed E-state index contributed by atoms with van der Waals surface area (Å²) >= 11 is 0. The zero-order valence-corrected chi connectivity index (χ0v) is 52.5. The van der Waals surface area contributed by atoms with Crippen molar-refractivity contribution in [3.05, 3.63) is 12.2 Å². The van der Waals surface area contributed by atoms with Gasteiger partial charge in [-0.1, -0.05) is 373 Å². The monoisotopic (exact) mass is 1090 g/mol. The molecular formula is C71H139NO5. The number of aliphatic hydroxyl groups excluding tert-OH is 2. The van der Waals surface area contributed by atoms with Crippen LogP contribution >= 0.6 is 0 Å². The number of carbonyl (C=O) groups is 2. The fraction of sp³-hybridized carbons (Fsp3) is 0.944. The number of hydrogen-bond donors (Lipinski definition) is 3. The first-order chi connectivity index (χ1) is 38.0. The lowest BCUT2D eigenvalue weighted by atomic mass is 10.0. The molecule has 0 rings (SSSR count). The van der Waals surface area contributed by atoms with Crippen molar-refractivity contribution in [3.8, 4) is 0 Å². The predicted octanol–water partition coefficient (Wildman–Crippen LogP) is 22.8. The molecule has 0 aliphatic carbocycles. The summed E-state index contributed by atoms with van der Waals surface area (Å²) in [7, 11) is 0. The number of ether oxygens (including phenoxy) is 1. The molecule has 1 amide bonds. The summed E-state index contributed by atoms with van der Waals surface area (Å²) in [5.41, 5.74) is 0. The quantitative estimate of drug-likeness (QED) is 0.0320. The van der Waals surface area contributed by atoms with Gasteiger partial charge in [-0.15, -0.1) is 0 Å². The molecule has 0 aliphatic rings. The van der Waals surface area contributed by atoms with E-state index in [2.05, 4.69) is 19.2 Å². The van der Waals surface area contributed by atoms with E-state index in [9.17, 15) is 19.8 Å². The van der Waals surface area contributed by atoms with Crippen molar-refractivity contribution in [1.82, 2.24) is 5.32 Å². The highest BCUT2D eigenvalue weighted by molar-refractivity contribution is 5.76. The van der Waals surface area contributed by atoms with E-state index < -0.39 is 12.1 Å². The molecule has 458 valence electrons. The van der Waals surface area contributed by atoms with Gasteiger partial charge in [0, 0.05) is 12.8 Å².